The first-order chi connectivity index (χ1) is 9.56. The lowest BCUT2D eigenvalue weighted by Crippen LogP contribution is -2.30. The highest BCUT2D eigenvalue weighted by Crippen LogP contribution is 2.45. The Kier molecular flexibility index (Phi) is 6.33. The largest absolute Gasteiger partial charge is 0.392 e. The number of rotatable bonds is 4. The molecule has 0 aromatic rings. The van der Waals surface area contributed by atoms with Gasteiger partial charge in [-0.05, 0) is 38.3 Å². The normalized spacial score (nSPS) is 30.8. The molecule has 1 heterocycles. The molecule has 0 fully saturated rings. The van der Waals surface area contributed by atoms with Crippen molar-refractivity contribution in [1.29, 1.82) is 0 Å². The molecule has 0 amide bonds. The first-order valence-electron chi connectivity index (χ1n) is 6.22. The summed E-state index contributed by atoms with van der Waals surface area (Å²) in [5, 5.41) is 9.76. The van der Waals surface area contributed by atoms with Crippen molar-refractivity contribution in [2.75, 3.05) is 5.75 Å². The molecule has 0 radical (unpaired) electrons. The zero-order valence-corrected chi connectivity index (χ0v) is 15.3. The van der Waals surface area contributed by atoms with Gasteiger partial charge in [0.2, 0.25) is 0 Å². The summed E-state index contributed by atoms with van der Waals surface area (Å²) in [6, 6.07) is 0. The van der Waals surface area contributed by atoms with Gasteiger partial charge in [-0.2, -0.15) is 8.78 Å². The highest BCUT2D eigenvalue weighted by atomic mass is 79.9. The summed E-state index contributed by atoms with van der Waals surface area (Å²) in [7, 11) is -3.07. The molecule has 0 aromatic heterocycles. The van der Waals surface area contributed by atoms with Crippen molar-refractivity contribution >= 4 is 32.6 Å². The Labute approximate surface area is 133 Å². The van der Waals surface area contributed by atoms with Crippen LogP contribution >= 0.6 is 23.5 Å². The molecule has 1 atom stereocenters. The van der Waals surface area contributed by atoms with Crippen LogP contribution in [0.4, 0.5) is 8.78 Å². The van der Waals surface area contributed by atoms with Crippen LogP contribution in [0.25, 0.3) is 0 Å². The lowest BCUT2D eigenvalue weighted by molar-refractivity contribution is -0.129. The fraction of sp³-hybridized carbons (Fsp3) is 0.538. The van der Waals surface area contributed by atoms with Crippen molar-refractivity contribution in [3.63, 3.8) is 0 Å². The van der Waals surface area contributed by atoms with Crippen molar-refractivity contribution in [1.82, 2.24) is 0 Å². The van der Waals surface area contributed by atoms with Gasteiger partial charge in [0.1, 0.15) is 7.58 Å². The lowest BCUT2D eigenvalue weighted by Gasteiger charge is -2.28. The van der Waals surface area contributed by atoms with E-state index in [0.717, 1.165) is 0 Å². The van der Waals surface area contributed by atoms with Gasteiger partial charge in [-0.15, -0.1) is 0 Å². The van der Waals surface area contributed by atoms with E-state index in [2.05, 4.69) is 20.5 Å². The van der Waals surface area contributed by atoms with Gasteiger partial charge in [-0.25, -0.2) is 4.52 Å². The summed E-state index contributed by atoms with van der Waals surface area (Å²) >= 11 is 3.00. The molecule has 0 bridgehead atoms. The second kappa shape index (κ2) is 7.01. The molecule has 1 rings (SSSR count). The van der Waals surface area contributed by atoms with Crippen molar-refractivity contribution in [2.45, 2.75) is 38.9 Å². The van der Waals surface area contributed by atoms with Crippen LogP contribution < -0.4 is 0 Å². The summed E-state index contributed by atoms with van der Waals surface area (Å²) in [5.74, 6) is 0.0865. The third kappa shape index (κ3) is 4.96. The third-order valence-corrected chi connectivity index (χ3v) is 7.62. The van der Waals surface area contributed by atoms with Crippen molar-refractivity contribution in [2.24, 2.45) is 0 Å². The molecule has 3 nitrogen and oxygen atoms in total. The number of halogens is 3. The van der Waals surface area contributed by atoms with Gasteiger partial charge in [0.15, 0.2) is 0 Å². The van der Waals surface area contributed by atoms with E-state index in [1.807, 2.05) is 0 Å². The van der Waals surface area contributed by atoms with Crippen molar-refractivity contribution < 1.29 is 22.6 Å². The number of alkyl halides is 2. The molecular weight excluding hydrogens is 385 g/mol. The van der Waals surface area contributed by atoms with Crippen molar-refractivity contribution in [3.05, 3.63) is 33.7 Å². The SMILES string of the molecule is C\C=C1/C(=C\C=C\Br)C(F)(F)OP=S1(=O)CCC(C)(C)O. The number of hydrogen-bond donors (Lipinski definition) is 1. The van der Waals surface area contributed by atoms with E-state index < -0.39 is 26.4 Å². The van der Waals surface area contributed by atoms with E-state index >= 15 is 0 Å². The minimum atomic E-state index is -3.48. The Morgan fingerprint density at radius 2 is 2.14 bits per heavy atom. The molecule has 8 heteroatoms. The molecule has 1 N–H and O–H groups in total. The van der Waals surface area contributed by atoms with Crippen LogP contribution in [-0.4, -0.2) is 26.8 Å². The molecule has 21 heavy (non-hydrogen) atoms. The average molecular weight is 403 g/mol. The summed E-state index contributed by atoms with van der Waals surface area (Å²) < 4.78 is 45.2. The summed E-state index contributed by atoms with van der Waals surface area (Å²) in [4.78, 5) is 1.52. The minimum Gasteiger partial charge on any atom is -0.390 e. The fourth-order valence-electron chi connectivity index (χ4n) is 1.70. The van der Waals surface area contributed by atoms with Crippen LogP contribution in [0.1, 0.15) is 27.2 Å². The molecule has 120 valence electrons. The van der Waals surface area contributed by atoms with Gasteiger partial charge in [-0.3, -0.25) is 4.21 Å². The second-order valence-corrected chi connectivity index (χ2v) is 10.3. The molecule has 0 spiro atoms. The van der Waals surface area contributed by atoms with E-state index in [9.17, 15) is 18.1 Å². The Bertz CT molecular complexity index is 597. The Hall–Kier alpha value is -0.0700. The van der Waals surface area contributed by atoms with Crippen LogP contribution in [-0.2, 0) is 13.6 Å². The van der Waals surface area contributed by atoms with E-state index in [1.54, 1.807) is 20.8 Å². The van der Waals surface area contributed by atoms with Gasteiger partial charge in [-0.1, -0.05) is 28.1 Å². The molecule has 0 saturated heterocycles. The maximum atomic E-state index is 13.9. The quantitative estimate of drug-likeness (QED) is 0.700. The standard InChI is InChI=1S/C13H18BrF2O3PS/c1-4-11-10(6-5-8-14)13(15,16)19-20-21(11,18)9-7-12(2,3)17/h4-6,8,17H,7,9H2,1-3H3/b8-5+,10-6+,11-4+. The first kappa shape index (κ1) is 19.0. The zero-order chi connectivity index (χ0) is 16.3. The Morgan fingerprint density at radius 1 is 1.52 bits per heavy atom. The molecule has 1 aliphatic rings. The van der Waals surface area contributed by atoms with Gasteiger partial charge in [0.05, 0.1) is 11.2 Å². The minimum absolute atomic E-state index is 0.0865. The number of allylic oxidation sites excluding steroid dienone is 3. The van der Waals surface area contributed by atoms with E-state index in [-0.39, 0.29) is 24.7 Å². The monoisotopic (exact) mass is 402 g/mol. The summed E-state index contributed by atoms with van der Waals surface area (Å²) in [6.07, 6.45) is 0.749. The second-order valence-electron chi connectivity index (χ2n) is 5.14. The first-order valence-corrected chi connectivity index (χ1v) is 10.3. The Morgan fingerprint density at radius 3 is 2.62 bits per heavy atom. The molecular formula is C13H18BrF2O3PS. The smallest absolute Gasteiger partial charge is 0.390 e. The predicted octanol–water partition coefficient (Wildman–Crippen LogP) is 4.57. The third-order valence-electron chi connectivity index (χ3n) is 2.78. The predicted molar refractivity (Wildman–Crippen MR) is 86.8 cm³/mol. The van der Waals surface area contributed by atoms with Gasteiger partial charge >= 0.3 is 6.11 Å². The summed E-state index contributed by atoms with van der Waals surface area (Å²) in [5.41, 5.74) is -1.42. The van der Waals surface area contributed by atoms with Crippen LogP contribution in [0, 0.1) is 0 Å². The van der Waals surface area contributed by atoms with Crippen LogP contribution in [0.5, 0.6) is 0 Å². The van der Waals surface area contributed by atoms with Crippen LogP contribution in [0.15, 0.2) is 33.7 Å². The maximum Gasteiger partial charge on any atom is 0.392 e. The Balaban J connectivity index is 3.30. The van der Waals surface area contributed by atoms with E-state index in [0.29, 0.717) is 0 Å². The lowest BCUT2D eigenvalue weighted by atomic mass is 10.1. The zero-order valence-electron chi connectivity index (χ0n) is 12.0. The van der Waals surface area contributed by atoms with Gasteiger partial charge in [0, 0.05) is 19.8 Å². The van der Waals surface area contributed by atoms with E-state index in [4.69, 9.17) is 0 Å². The van der Waals surface area contributed by atoms with E-state index in [1.165, 1.54) is 23.2 Å². The average Bonchev–Trinajstić information content (AvgIpc) is 2.37. The van der Waals surface area contributed by atoms with Crippen LogP contribution in [0.3, 0.4) is 0 Å². The van der Waals surface area contributed by atoms with Gasteiger partial charge < -0.3 is 5.11 Å². The number of hydrogen-bond acceptors (Lipinski definition) is 3. The van der Waals surface area contributed by atoms with Gasteiger partial charge in [0.25, 0.3) is 0 Å². The number of aliphatic hydroxyl groups is 1. The summed E-state index contributed by atoms with van der Waals surface area (Å²) in [6.45, 7) is 4.75. The highest BCUT2D eigenvalue weighted by Gasteiger charge is 2.44. The van der Waals surface area contributed by atoms with Crippen LogP contribution in [0.2, 0.25) is 0 Å². The molecule has 1 aliphatic heterocycles. The molecule has 0 aromatic carbocycles. The van der Waals surface area contributed by atoms with Crippen molar-refractivity contribution in [3.8, 4) is 0 Å². The molecule has 0 saturated carbocycles. The highest BCUT2D eigenvalue weighted by molar-refractivity contribution is 9.11. The topological polar surface area (TPSA) is 46.5 Å². The molecule has 0 aliphatic carbocycles. The molecule has 1 unspecified atom stereocenters. The maximum absolute atomic E-state index is 13.9. The fourth-order valence-corrected chi connectivity index (χ4v) is 6.20.